The first-order chi connectivity index (χ1) is 11.2. The molecule has 0 aliphatic heterocycles. The average molecular weight is 334 g/mol. The van der Waals surface area contributed by atoms with Crippen molar-refractivity contribution in [3.8, 4) is 0 Å². The van der Waals surface area contributed by atoms with Crippen LogP contribution in [-0.4, -0.2) is 40.4 Å². The molecule has 6 nitrogen and oxygen atoms in total. The summed E-state index contributed by atoms with van der Waals surface area (Å²) in [4.78, 5) is 10.4. The van der Waals surface area contributed by atoms with Crippen LogP contribution in [0.25, 0.3) is 0 Å². The van der Waals surface area contributed by atoms with E-state index in [1.54, 1.807) is 17.5 Å². The molecular weight excluding hydrogens is 308 g/mol. The lowest BCUT2D eigenvalue weighted by molar-refractivity contribution is 0.584. The van der Waals surface area contributed by atoms with E-state index in [-0.39, 0.29) is 0 Å². The maximum Gasteiger partial charge on any atom is 0.191 e. The number of nitrogens with zero attached hydrogens (tertiary/aromatic N) is 4. The summed E-state index contributed by atoms with van der Waals surface area (Å²) in [5.74, 6) is 0.881. The molecule has 2 aromatic heterocycles. The normalized spacial score (nSPS) is 11.7. The molecule has 23 heavy (non-hydrogen) atoms. The van der Waals surface area contributed by atoms with Gasteiger partial charge in [0.25, 0.3) is 0 Å². The minimum Gasteiger partial charge on any atom is -0.357 e. The molecule has 2 rings (SSSR count). The lowest BCUT2D eigenvalue weighted by Gasteiger charge is -2.11. The Morgan fingerprint density at radius 3 is 2.87 bits per heavy atom. The molecule has 0 amide bonds. The fourth-order valence-corrected chi connectivity index (χ4v) is 3.23. The second kappa shape index (κ2) is 9.29. The first-order valence-electron chi connectivity index (χ1n) is 8.11. The Bertz CT molecular complexity index is 602. The van der Waals surface area contributed by atoms with E-state index in [1.807, 2.05) is 16.9 Å². The Morgan fingerprint density at radius 1 is 1.35 bits per heavy atom. The molecule has 0 bridgehead atoms. The van der Waals surface area contributed by atoms with Crippen molar-refractivity contribution in [2.75, 3.05) is 19.6 Å². The molecule has 126 valence electrons. The van der Waals surface area contributed by atoms with E-state index >= 15 is 0 Å². The van der Waals surface area contributed by atoms with Crippen molar-refractivity contribution in [3.05, 3.63) is 34.0 Å². The minimum absolute atomic E-state index is 0.786. The number of aryl methyl sites for hydroxylation is 3. The van der Waals surface area contributed by atoms with Gasteiger partial charge in [-0.1, -0.05) is 0 Å². The van der Waals surface area contributed by atoms with E-state index in [9.17, 15) is 0 Å². The van der Waals surface area contributed by atoms with Crippen molar-refractivity contribution < 1.29 is 0 Å². The van der Waals surface area contributed by atoms with Crippen LogP contribution < -0.4 is 10.6 Å². The molecule has 0 radical (unpaired) electrons. The Hall–Kier alpha value is -1.89. The van der Waals surface area contributed by atoms with Crippen LogP contribution in [0, 0.1) is 13.8 Å². The average Bonchev–Trinajstić information content (AvgIpc) is 3.13. The predicted octanol–water partition coefficient (Wildman–Crippen LogP) is 2.14. The highest BCUT2D eigenvalue weighted by atomic mass is 32.1. The summed E-state index contributed by atoms with van der Waals surface area (Å²) in [6, 6.07) is 1.94. The molecule has 0 aromatic carbocycles. The first-order valence-corrected chi connectivity index (χ1v) is 8.93. The minimum atomic E-state index is 0.786. The molecule has 0 fully saturated rings. The third-order valence-electron chi connectivity index (χ3n) is 3.36. The van der Waals surface area contributed by atoms with Gasteiger partial charge in [0.05, 0.1) is 10.7 Å². The van der Waals surface area contributed by atoms with Crippen LogP contribution in [0.5, 0.6) is 0 Å². The van der Waals surface area contributed by atoms with E-state index < -0.39 is 0 Å². The van der Waals surface area contributed by atoms with Gasteiger partial charge in [0, 0.05) is 49.9 Å². The van der Waals surface area contributed by atoms with E-state index in [0.29, 0.717) is 0 Å². The van der Waals surface area contributed by atoms with E-state index in [0.717, 1.165) is 55.7 Å². The number of aromatic nitrogens is 3. The zero-order valence-corrected chi connectivity index (χ0v) is 15.0. The van der Waals surface area contributed by atoms with Crippen LogP contribution in [-0.2, 0) is 13.0 Å². The quantitative estimate of drug-likeness (QED) is 0.441. The number of rotatable bonds is 8. The van der Waals surface area contributed by atoms with Crippen molar-refractivity contribution in [1.82, 2.24) is 25.4 Å². The van der Waals surface area contributed by atoms with Gasteiger partial charge in [-0.15, -0.1) is 11.3 Å². The van der Waals surface area contributed by atoms with Crippen LogP contribution in [0.15, 0.2) is 23.5 Å². The molecule has 0 aliphatic rings. The lowest BCUT2D eigenvalue weighted by atomic mass is 10.3. The van der Waals surface area contributed by atoms with Crippen LogP contribution in [0.2, 0.25) is 0 Å². The smallest absolute Gasteiger partial charge is 0.191 e. The van der Waals surface area contributed by atoms with Gasteiger partial charge in [-0.25, -0.2) is 4.98 Å². The summed E-state index contributed by atoms with van der Waals surface area (Å²) < 4.78 is 1.94. The molecule has 2 aromatic rings. The van der Waals surface area contributed by atoms with Gasteiger partial charge in [-0.3, -0.25) is 9.67 Å². The third kappa shape index (κ3) is 6.02. The number of hydrogen-bond acceptors (Lipinski definition) is 4. The highest BCUT2D eigenvalue weighted by Crippen LogP contribution is 2.16. The number of nitrogens with one attached hydrogen (secondary N) is 2. The van der Waals surface area contributed by atoms with Gasteiger partial charge in [0.1, 0.15) is 0 Å². The maximum absolute atomic E-state index is 4.61. The monoisotopic (exact) mass is 334 g/mol. The molecule has 0 aliphatic carbocycles. The van der Waals surface area contributed by atoms with Gasteiger partial charge in [0.2, 0.25) is 0 Å². The summed E-state index contributed by atoms with van der Waals surface area (Å²) in [6.45, 7) is 9.63. The highest BCUT2D eigenvalue weighted by molar-refractivity contribution is 7.11. The molecule has 0 saturated carbocycles. The number of thiazole rings is 1. The van der Waals surface area contributed by atoms with Crippen LogP contribution in [0.1, 0.15) is 28.9 Å². The van der Waals surface area contributed by atoms with Gasteiger partial charge in [-0.05, 0) is 33.3 Å². The van der Waals surface area contributed by atoms with E-state index in [1.165, 1.54) is 4.88 Å². The largest absolute Gasteiger partial charge is 0.357 e. The van der Waals surface area contributed by atoms with Crippen LogP contribution in [0.3, 0.4) is 0 Å². The molecule has 0 atom stereocenters. The van der Waals surface area contributed by atoms with E-state index in [4.69, 9.17) is 0 Å². The standard InChI is InChI=1S/C16H26N6S/c1-4-17-16(18-8-5-11-22-12-6-9-20-22)19-10-7-15-13(2)21-14(3)23-15/h6,9,12H,4-5,7-8,10-11H2,1-3H3,(H2,17,18,19). The summed E-state index contributed by atoms with van der Waals surface area (Å²) in [5, 5.41) is 12.0. The van der Waals surface area contributed by atoms with Gasteiger partial charge < -0.3 is 10.6 Å². The highest BCUT2D eigenvalue weighted by Gasteiger charge is 2.05. The predicted molar refractivity (Wildman–Crippen MR) is 96.1 cm³/mol. The van der Waals surface area contributed by atoms with Crippen LogP contribution >= 0.6 is 11.3 Å². The van der Waals surface area contributed by atoms with Crippen LogP contribution in [0.4, 0.5) is 0 Å². The molecule has 0 spiro atoms. The molecule has 0 saturated heterocycles. The second-order valence-electron chi connectivity index (χ2n) is 5.30. The number of hydrogen-bond donors (Lipinski definition) is 2. The lowest BCUT2D eigenvalue weighted by Crippen LogP contribution is -2.38. The summed E-state index contributed by atoms with van der Waals surface area (Å²) in [5.41, 5.74) is 1.15. The molecular formula is C16H26N6S. The topological polar surface area (TPSA) is 67.1 Å². The Labute approximate surface area is 142 Å². The molecule has 0 unspecified atom stereocenters. The summed E-state index contributed by atoms with van der Waals surface area (Å²) in [7, 11) is 0. The zero-order valence-electron chi connectivity index (χ0n) is 14.2. The first kappa shape index (κ1) is 17.5. The van der Waals surface area contributed by atoms with Crippen molar-refractivity contribution in [1.29, 1.82) is 0 Å². The Balaban J connectivity index is 1.73. The zero-order chi connectivity index (χ0) is 16.5. The molecule has 2 N–H and O–H groups in total. The number of guanidine groups is 1. The maximum atomic E-state index is 4.61. The third-order valence-corrected chi connectivity index (χ3v) is 4.50. The molecule has 7 heteroatoms. The molecule has 2 heterocycles. The number of aliphatic imine (C=N–C) groups is 1. The van der Waals surface area contributed by atoms with Crippen molar-refractivity contribution in [2.45, 2.75) is 40.2 Å². The Morgan fingerprint density at radius 2 is 2.22 bits per heavy atom. The fraction of sp³-hybridized carbons (Fsp3) is 0.562. The summed E-state index contributed by atoms with van der Waals surface area (Å²) >= 11 is 1.78. The summed E-state index contributed by atoms with van der Waals surface area (Å²) in [6.07, 6.45) is 5.74. The second-order valence-corrected chi connectivity index (χ2v) is 6.59. The Kier molecular flexibility index (Phi) is 7.06. The van der Waals surface area contributed by atoms with Crippen molar-refractivity contribution in [3.63, 3.8) is 0 Å². The van der Waals surface area contributed by atoms with E-state index in [2.05, 4.69) is 46.5 Å². The van der Waals surface area contributed by atoms with Gasteiger partial charge in [0.15, 0.2) is 5.96 Å². The fourth-order valence-electron chi connectivity index (χ4n) is 2.30. The van der Waals surface area contributed by atoms with Crippen molar-refractivity contribution >= 4 is 17.3 Å². The van der Waals surface area contributed by atoms with Crippen molar-refractivity contribution in [2.24, 2.45) is 4.99 Å². The SMILES string of the molecule is CCNC(=NCCCn1cccn1)NCCc1sc(C)nc1C. The van der Waals surface area contributed by atoms with Gasteiger partial charge >= 0.3 is 0 Å². The van der Waals surface area contributed by atoms with Gasteiger partial charge in [-0.2, -0.15) is 5.10 Å².